The Morgan fingerprint density at radius 3 is 2.60 bits per heavy atom. The van der Waals surface area contributed by atoms with Crippen LogP contribution in [-0.4, -0.2) is 0 Å². The lowest BCUT2D eigenvalue weighted by Crippen LogP contribution is -2.42. The molecule has 3 rings (SSSR count). The van der Waals surface area contributed by atoms with Gasteiger partial charge in [-0.1, -0.05) is 54.9 Å². The van der Waals surface area contributed by atoms with Gasteiger partial charge in [-0.25, -0.2) is 0 Å². The molecule has 2 atom stereocenters. The van der Waals surface area contributed by atoms with Crippen LogP contribution >= 0.6 is 11.6 Å². The van der Waals surface area contributed by atoms with Crippen molar-refractivity contribution in [3.05, 3.63) is 70.2 Å². The molecule has 0 bridgehead atoms. The number of hydrogen-bond donors (Lipinski definition) is 1. The van der Waals surface area contributed by atoms with Crippen molar-refractivity contribution in [2.75, 3.05) is 0 Å². The van der Waals surface area contributed by atoms with E-state index in [4.69, 9.17) is 17.3 Å². The van der Waals surface area contributed by atoms with Crippen LogP contribution < -0.4 is 5.73 Å². The monoisotopic (exact) mass is 285 g/mol. The summed E-state index contributed by atoms with van der Waals surface area (Å²) < 4.78 is 0. The molecule has 0 saturated carbocycles. The normalized spacial score (nSPS) is 25.2. The molecule has 0 aliphatic heterocycles. The van der Waals surface area contributed by atoms with Gasteiger partial charge in [0.2, 0.25) is 0 Å². The van der Waals surface area contributed by atoms with Crippen LogP contribution in [0.25, 0.3) is 0 Å². The quantitative estimate of drug-likeness (QED) is 0.855. The zero-order valence-corrected chi connectivity index (χ0v) is 12.5. The van der Waals surface area contributed by atoms with Crippen molar-refractivity contribution < 1.29 is 0 Å². The van der Waals surface area contributed by atoms with Gasteiger partial charge in [0.05, 0.1) is 0 Å². The third-order valence-electron chi connectivity index (χ3n) is 4.48. The summed E-state index contributed by atoms with van der Waals surface area (Å²) in [4.78, 5) is 0. The second-order valence-corrected chi connectivity index (χ2v) is 6.42. The molecule has 2 heteroatoms. The van der Waals surface area contributed by atoms with E-state index in [-0.39, 0.29) is 5.54 Å². The van der Waals surface area contributed by atoms with E-state index in [1.807, 2.05) is 12.1 Å². The fraction of sp³-hybridized carbons (Fsp3) is 0.333. The first-order chi connectivity index (χ1) is 9.58. The predicted molar refractivity (Wildman–Crippen MR) is 85.1 cm³/mol. The third kappa shape index (κ3) is 2.48. The predicted octanol–water partition coefficient (Wildman–Crippen LogP) is 4.63. The van der Waals surface area contributed by atoms with Gasteiger partial charge in [0.1, 0.15) is 0 Å². The summed E-state index contributed by atoms with van der Waals surface area (Å²) in [5.41, 5.74) is 10.5. The van der Waals surface area contributed by atoms with Gasteiger partial charge in [-0.05, 0) is 54.0 Å². The van der Waals surface area contributed by atoms with Gasteiger partial charge in [0.15, 0.2) is 0 Å². The van der Waals surface area contributed by atoms with Crippen molar-refractivity contribution in [2.24, 2.45) is 5.73 Å². The Bertz CT molecular complexity index is 605. The van der Waals surface area contributed by atoms with E-state index >= 15 is 0 Å². The minimum Gasteiger partial charge on any atom is -0.321 e. The van der Waals surface area contributed by atoms with Gasteiger partial charge < -0.3 is 5.73 Å². The maximum absolute atomic E-state index is 6.77. The second-order valence-electron chi connectivity index (χ2n) is 5.99. The van der Waals surface area contributed by atoms with Gasteiger partial charge in [-0.2, -0.15) is 0 Å². The first-order valence-corrected chi connectivity index (χ1v) is 7.59. The zero-order chi connectivity index (χ0) is 14.2. The molecule has 1 aliphatic rings. The number of benzene rings is 2. The summed E-state index contributed by atoms with van der Waals surface area (Å²) in [6.07, 6.45) is 3.06. The molecule has 0 amide bonds. The van der Waals surface area contributed by atoms with Crippen molar-refractivity contribution >= 4 is 11.6 Å². The highest BCUT2D eigenvalue weighted by Crippen LogP contribution is 2.41. The minimum atomic E-state index is -0.253. The van der Waals surface area contributed by atoms with Crippen LogP contribution in [0.3, 0.4) is 0 Å². The Morgan fingerprint density at radius 2 is 1.85 bits per heavy atom. The van der Waals surface area contributed by atoms with Crippen LogP contribution in [0.4, 0.5) is 0 Å². The molecule has 2 aromatic carbocycles. The van der Waals surface area contributed by atoms with Crippen molar-refractivity contribution in [3.63, 3.8) is 0 Å². The smallest absolute Gasteiger partial charge is 0.0453 e. The third-order valence-corrected chi connectivity index (χ3v) is 4.74. The van der Waals surface area contributed by atoms with Crippen molar-refractivity contribution in [3.8, 4) is 0 Å². The molecule has 1 aliphatic carbocycles. The molecule has 104 valence electrons. The summed E-state index contributed by atoms with van der Waals surface area (Å²) in [6.45, 7) is 2.29. The Hall–Kier alpha value is -1.31. The zero-order valence-electron chi connectivity index (χ0n) is 11.8. The molecular formula is C18H20ClN. The van der Waals surface area contributed by atoms with Crippen LogP contribution in [0.2, 0.25) is 5.02 Å². The molecular weight excluding hydrogens is 266 g/mol. The topological polar surface area (TPSA) is 26.0 Å². The maximum Gasteiger partial charge on any atom is 0.0453 e. The fourth-order valence-corrected chi connectivity index (χ4v) is 3.42. The van der Waals surface area contributed by atoms with Crippen molar-refractivity contribution in [1.82, 2.24) is 0 Å². The first kappa shape index (κ1) is 13.7. The molecule has 0 aromatic heterocycles. The summed E-state index contributed by atoms with van der Waals surface area (Å²) in [6, 6.07) is 16.7. The number of hydrogen-bond acceptors (Lipinski definition) is 1. The SMILES string of the molecule is CC1CCC(N)(Cc2ccc(Cl)cc2)c2ccccc21. The molecule has 0 spiro atoms. The van der Waals surface area contributed by atoms with Crippen LogP contribution in [0.5, 0.6) is 0 Å². The lowest BCUT2D eigenvalue weighted by atomic mass is 9.70. The minimum absolute atomic E-state index is 0.253. The second kappa shape index (κ2) is 5.23. The van der Waals surface area contributed by atoms with Crippen LogP contribution in [-0.2, 0) is 12.0 Å². The van der Waals surface area contributed by atoms with Gasteiger partial charge in [-0.3, -0.25) is 0 Å². The first-order valence-electron chi connectivity index (χ1n) is 7.21. The Kier molecular flexibility index (Phi) is 3.57. The Balaban J connectivity index is 1.96. The number of nitrogens with two attached hydrogens (primary N) is 1. The molecule has 2 unspecified atom stereocenters. The van der Waals surface area contributed by atoms with Gasteiger partial charge in [0.25, 0.3) is 0 Å². The summed E-state index contributed by atoms with van der Waals surface area (Å²) in [5.74, 6) is 0.605. The standard InChI is InChI=1S/C18H20ClN/c1-13-10-11-18(20,17-5-3-2-4-16(13)17)12-14-6-8-15(19)9-7-14/h2-9,13H,10-12,20H2,1H3. The maximum atomic E-state index is 6.77. The van der Waals surface area contributed by atoms with Crippen molar-refractivity contribution in [2.45, 2.75) is 37.6 Å². The van der Waals surface area contributed by atoms with Gasteiger partial charge in [0, 0.05) is 10.6 Å². The van der Waals surface area contributed by atoms with Crippen molar-refractivity contribution in [1.29, 1.82) is 0 Å². The summed E-state index contributed by atoms with van der Waals surface area (Å²) in [5, 5.41) is 0.775. The van der Waals surface area contributed by atoms with E-state index in [0.29, 0.717) is 5.92 Å². The molecule has 2 N–H and O–H groups in total. The number of rotatable bonds is 2. The largest absolute Gasteiger partial charge is 0.321 e. The van der Waals surface area contributed by atoms with E-state index < -0.39 is 0 Å². The Morgan fingerprint density at radius 1 is 1.15 bits per heavy atom. The van der Waals surface area contributed by atoms with E-state index in [9.17, 15) is 0 Å². The molecule has 0 fully saturated rings. The Labute approximate surface area is 125 Å². The molecule has 20 heavy (non-hydrogen) atoms. The van der Waals surface area contributed by atoms with E-state index in [1.165, 1.54) is 16.7 Å². The highest BCUT2D eigenvalue weighted by molar-refractivity contribution is 6.30. The molecule has 0 heterocycles. The van der Waals surface area contributed by atoms with E-state index in [0.717, 1.165) is 24.3 Å². The molecule has 2 aromatic rings. The average molecular weight is 286 g/mol. The van der Waals surface area contributed by atoms with Gasteiger partial charge >= 0.3 is 0 Å². The lowest BCUT2D eigenvalue weighted by molar-refractivity contribution is 0.349. The highest BCUT2D eigenvalue weighted by Gasteiger charge is 2.35. The van der Waals surface area contributed by atoms with E-state index in [1.54, 1.807) is 0 Å². The average Bonchev–Trinajstić information content (AvgIpc) is 2.46. The molecule has 0 saturated heterocycles. The number of fused-ring (bicyclic) bond motifs is 1. The van der Waals surface area contributed by atoms with Crippen LogP contribution in [0.15, 0.2) is 48.5 Å². The molecule has 0 radical (unpaired) electrons. The highest BCUT2D eigenvalue weighted by atomic mass is 35.5. The van der Waals surface area contributed by atoms with Crippen LogP contribution in [0, 0.1) is 0 Å². The summed E-state index contributed by atoms with van der Waals surface area (Å²) in [7, 11) is 0. The lowest BCUT2D eigenvalue weighted by Gasteiger charge is -2.38. The van der Waals surface area contributed by atoms with Gasteiger partial charge in [-0.15, -0.1) is 0 Å². The fourth-order valence-electron chi connectivity index (χ4n) is 3.29. The summed E-state index contributed by atoms with van der Waals surface area (Å²) >= 11 is 5.96. The van der Waals surface area contributed by atoms with E-state index in [2.05, 4.69) is 43.3 Å². The van der Waals surface area contributed by atoms with Crippen LogP contribution in [0.1, 0.15) is 42.4 Å². The number of halogens is 1. The molecule has 1 nitrogen and oxygen atoms in total.